The number of anilines is 1. The number of halogens is 3. The Hall–Kier alpha value is -2.39. The Bertz CT molecular complexity index is 925. The molecule has 0 atom stereocenters. The zero-order chi connectivity index (χ0) is 21.7. The van der Waals surface area contributed by atoms with E-state index in [2.05, 4.69) is 10.6 Å². The van der Waals surface area contributed by atoms with Crippen molar-refractivity contribution in [2.75, 3.05) is 25.6 Å². The topological polar surface area (TPSA) is 67.4 Å². The van der Waals surface area contributed by atoms with Crippen LogP contribution in [-0.4, -0.2) is 32.1 Å². The van der Waals surface area contributed by atoms with Crippen LogP contribution in [-0.2, 0) is 23.8 Å². The largest absolute Gasteiger partial charge is 0.416 e. The van der Waals surface area contributed by atoms with E-state index in [0.717, 1.165) is 48.3 Å². The number of methoxy groups -OCH3 is 1. The predicted octanol–water partition coefficient (Wildman–Crippen LogP) is 4.66. The Morgan fingerprint density at radius 2 is 1.93 bits per heavy atom. The molecule has 30 heavy (non-hydrogen) atoms. The summed E-state index contributed by atoms with van der Waals surface area (Å²) in [6.07, 6.45) is -0.361. The van der Waals surface area contributed by atoms with Crippen molar-refractivity contribution in [3.63, 3.8) is 0 Å². The molecular weight excluding hydrogens is 417 g/mol. The van der Waals surface area contributed by atoms with Gasteiger partial charge in [-0.2, -0.15) is 13.2 Å². The van der Waals surface area contributed by atoms with Gasteiger partial charge >= 0.3 is 6.18 Å². The molecule has 3 rings (SSSR count). The van der Waals surface area contributed by atoms with Crippen LogP contribution in [0, 0.1) is 0 Å². The van der Waals surface area contributed by atoms with Gasteiger partial charge in [0.15, 0.2) is 0 Å². The fourth-order valence-electron chi connectivity index (χ4n) is 3.41. The third kappa shape index (κ3) is 5.20. The second-order valence-electron chi connectivity index (χ2n) is 7.05. The van der Waals surface area contributed by atoms with Crippen molar-refractivity contribution in [3.8, 4) is 0 Å². The van der Waals surface area contributed by atoms with Gasteiger partial charge in [-0.15, -0.1) is 11.3 Å². The van der Waals surface area contributed by atoms with Crippen molar-refractivity contribution in [2.24, 2.45) is 0 Å². The maximum absolute atomic E-state index is 13.0. The third-order valence-corrected chi connectivity index (χ3v) is 6.10. The van der Waals surface area contributed by atoms with Gasteiger partial charge in [-0.05, 0) is 55.9 Å². The molecule has 0 unspecified atom stereocenters. The van der Waals surface area contributed by atoms with Crippen LogP contribution in [0.25, 0.3) is 0 Å². The van der Waals surface area contributed by atoms with Crippen molar-refractivity contribution in [1.29, 1.82) is 0 Å². The Balaban J connectivity index is 1.84. The van der Waals surface area contributed by atoms with Crippen LogP contribution in [0.15, 0.2) is 24.3 Å². The lowest BCUT2D eigenvalue weighted by Crippen LogP contribution is -2.27. The molecule has 9 heteroatoms. The van der Waals surface area contributed by atoms with Crippen LogP contribution in [0.4, 0.5) is 18.2 Å². The molecule has 0 bridgehead atoms. The van der Waals surface area contributed by atoms with E-state index in [9.17, 15) is 22.8 Å². The van der Waals surface area contributed by atoms with Crippen LogP contribution < -0.4 is 10.6 Å². The number of thiophene rings is 1. The lowest BCUT2D eigenvalue weighted by Gasteiger charge is -2.13. The molecule has 1 aliphatic rings. The quantitative estimate of drug-likeness (QED) is 0.615. The van der Waals surface area contributed by atoms with Crippen LogP contribution in [0.5, 0.6) is 0 Å². The SMILES string of the molecule is COCCCNC(=O)c1c(NC(=O)c2cccc(C(F)(F)F)c2)sc2c1CCCC2. The smallest absolute Gasteiger partial charge is 0.385 e. The molecule has 0 spiro atoms. The van der Waals surface area contributed by atoms with Crippen LogP contribution >= 0.6 is 11.3 Å². The van der Waals surface area contributed by atoms with Crippen molar-refractivity contribution in [2.45, 2.75) is 38.3 Å². The normalized spacial score (nSPS) is 13.6. The summed E-state index contributed by atoms with van der Waals surface area (Å²) in [5, 5.41) is 5.89. The summed E-state index contributed by atoms with van der Waals surface area (Å²) in [6, 6.07) is 4.25. The highest BCUT2D eigenvalue weighted by molar-refractivity contribution is 7.17. The van der Waals surface area contributed by atoms with Crippen LogP contribution in [0.3, 0.4) is 0 Å². The fourth-order valence-corrected chi connectivity index (χ4v) is 4.69. The number of ether oxygens (including phenoxy) is 1. The van der Waals surface area contributed by atoms with E-state index in [1.165, 1.54) is 23.5 Å². The summed E-state index contributed by atoms with van der Waals surface area (Å²) in [7, 11) is 1.58. The molecule has 1 aromatic heterocycles. The zero-order valence-corrected chi connectivity index (χ0v) is 17.3. The number of aryl methyl sites for hydroxylation is 1. The molecule has 1 aromatic carbocycles. The van der Waals surface area contributed by atoms with Crippen LogP contribution in [0.2, 0.25) is 0 Å². The number of rotatable bonds is 7. The van der Waals surface area contributed by atoms with Gasteiger partial charge in [0.1, 0.15) is 5.00 Å². The van der Waals surface area contributed by atoms with Crippen molar-refractivity contribution in [3.05, 3.63) is 51.4 Å². The molecule has 162 valence electrons. The summed E-state index contributed by atoms with van der Waals surface area (Å²) < 4.78 is 43.9. The molecule has 5 nitrogen and oxygen atoms in total. The van der Waals surface area contributed by atoms with Gasteiger partial charge in [0, 0.05) is 30.7 Å². The number of alkyl halides is 3. The maximum atomic E-state index is 13.0. The van der Waals surface area contributed by atoms with E-state index in [-0.39, 0.29) is 11.5 Å². The van der Waals surface area contributed by atoms with E-state index in [1.807, 2.05) is 0 Å². The van der Waals surface area contributed by atoms with Gasteiger partial charge < -0.3 is 15.4 Å². The molecule has 2 amide bonds. The van der Waals surface area contributed by atoms with E-state index in [0.29, 0.717) is 30.1 Å². The zero-order valence-electron chi connectivity index (χ0n) is 16.5. The molecule has 0 fully saturated rings. The second kappa shape index (κ2) is 9.61. The highest BCUT2D eigenvalue weighted by Crippen LogP contribution is 2.38. The number of carbonyl (C=O) groups excluding carboxylic acids is 2. The minimum atomic E-state index is -4.54. The van der Waals surface area contributed by atoms with E-state index in [1.54, 1.807) is 7.11 Å². The van der Waals surface area contributed by atoms with Crippen molar-refractivity contribution in [1.82, 2.24) is 5.32 Å². The summed E-state index contributed by atoms with van der Waals surface area (Å²) in [5.41, 5.74) is 0.349. The van der Waals surface area contributed by atoms with Gasteiger partial charge in [-0.3, -0.25) is 9.59 Å². The lowest BCUT2D eigenvalue weighted by molar-refractivity contribution is -0.137. The van der Waals surface area contributed by atoms with Gasteiger partial charge in [-0.25, -0.2) is 0 Å². The number of hydrogen-bond acceptors (Lipinski definition) is 4. The molecule has 0 saturated heterocycles. The van der Waals surface area contributed by atoms with E-state index >= 15 is 0 Å². The first-order chi connectivity index (χ1) is 14.3. The molecule has 2 N–H and O–H groups in total. The first-order valence-corrected chi connectivity index (χ1v) is 10.5. The molecule has 2 aromatic rings. The number of amides is 2. The second-order valence-corrected chi connectivity index (χ2v) is 8.16. The number of hydrogen-bond donors (Lipinski definition) is 2. The molecule has 0 saturated carbocycles. The van der Waals surface area contributed by atoms with Gasteiger partial charge in [-0.1, -0.05) is 6.07 Å². The summed E-state index contributed by atoms with van der Waals surface area (Å²) >= 11 is 1.33. The Morgan fingerprint density at radius 3 is 2.67 bits per heavy atom. The van der Waals surface area contributed by atoms with Gasteiger partial charge in [0.05, 0.1) is 11.1 Å². The van der Waals surface area contributed by atoms with Gasteiger partial charge in [0.25, 0.3) is 11.8 Å². The molecule has 0 radical (unpaired) electrons. The average molecular weight is 440 g/mol. The van der Waals surface area contributed by atoms with Crippen LogP contribution in [0.1, 0.15) is 56.0 Å². The average Bonchev–Trinajstić information content (AvgIpc) is 3.08. The summed E-state index contributed by atoms with van der Waals surface area (Å²) in [4.78, 5) is 26.5. The van der Waals surface area contributed by atoms with E-state index < -0.39 is 17.6 Å². The summed E-state index contributed by atoms with van der Waals surface area (Å²) in [6.45, 7) is 0.944. The Labute approximate surface area is 176 Å². The van der Waals surface area contributed by atoms with Crippen molar-refractivity contribution >= 4 is 28.2 Å². The van der Waals surface area contributed by atoms with Crippen molar-refractivity contribution < 1.29 is 27.5 Å². The number of benzene rings is 1. The predicted molar refractivity (Wildman–Crippen MR) is 109 cm³/mol. The Kier molecular flexibility index (Phi) is 7.14. The molecular formula is C21H23F3N2O3S. The number of fused-ring (bicyclic) bond motifs is 1. The molecule has 0 aliphatic heterocycles. The number of nitrogens with one attached hydrogen (secondary N) is 2. The molecule has 1 aliphatic carbocycles. The highest BCUT2D eigenvalue weighted by Gasteiger charge is 2.31. The minimum Gasteiger partial charge on any atom is -0.385 e. The first kappa shape index (κ1) is 22.3. The lowest BCUT2D eigenvalue weighted by atomic mass is 9.95. The summed E-state index contributed by atoms with van der Waals surface area (Å²) in [5.74, 6) is -0.960. The maximum Gasteiger partial charge on any atom is 0.416 e. The van der Waals surface area contributed by atoms with Gasteiger partial charge in [0.2, 0.25) is 0 Å². The standard InChI is InChI=1S/C21H23F3N2O3S/c1-29-11-5-10-25-19(28)17-15-8-2-3-9-16(15)30-20(17)26-18(27)13-6-4-7-14(12-13)21(22,23)24/h4,6-7,12H,2-3,5,8-11H2,1H3,(H,25,28)(H,26,27). The number of carbonyl (C=O) groups is 2. The highest BCUT2D eigenvalue weighted by atomic mass is 32.1. The third-order valence-electron chi connectivity index (χ3n) is 4.89. The minimum absolute atomic E-state index is 0.109. The fraction of sp³-hybridized carbons (Fsp3) is 0.429. The monoisotopic (exact) mass is 440 g/mol. The van der Waals surface area contributed by atoms with E-state index in [4.69, 9.17) is 4.74 Å². The molecule has 1 heterocycles. The Morgan fingerprint density at radius 1 is 1.17 bits per heavy atom. The first-order valence-electron chi connectivity index (χ1n) is 9.71.